The first-order valence-electron chi connectivity index (χ1n) is 13.7. The van der Waals surface area contributed by atoms with Crippen LogP contribution < -0.4 is 5.73 Å². The number of nitrogen functional groups attached to an aromatic ring is 1. The summed E-state index contributed by atoms with van der Waals surface area (Å²) in [6.45, 7) is 0.773. The van der Waals surface area contributed by atoms with Crippen LogP contribution in [0.5, 0.6) is 0 Å². The summed E-state index contributed by atoms with van der Waals surface area (Å²) in [5, 5.41) is 55.6. The van der Waals surface area contributed by atoms with E-state index in [2.05, 4.69) is 35.6 Å². The van der Waals surface area contributed by atoms with E-state index in [4.69, 9.17) is 26.8 Å². The van der Waals surface area contributed by atoms with Crippen molar-refractivity contribution in [3.63, 3.8) is 0 Å². The SMILES string of the molecule is C[C@@]1(O)[C@@H](COC(Cc2ccc(-c3ccccc3C(=O)O)cc2)(C(=O)O)c2nnn[nH]2)O[C@@H](n2cnc3c(N)nc(Cl)nc32)[C@@H]1O. The number of aliphatic hydroxyl groups is 2. The van der Waals surface area contributed by atoms with Gasteiger partial charge in [0.25, 0.3) is 0 Å². The highest BCUT2D eigenvalue weighted by atomic mass is 35.5. The van der Waals surface area contributed by atoms with Gasteiger partial charge in [0.1, 0.15) is 23.3 Å². The predicted octanol–water partition coefficient (Wildman–Crippen LogP) is 1.19. The lowest BCUT2D eigenvalue weighted by Crippen LogP contribution is -2.50. The molecule has 6 rings (SSSR count). The Balaban J connectivity index is 1.28. The number of nitrogens with two attached hydrogens (primary N) is 1. The number of rotatable bonds is 10. The molecule has 46 heavy (non-hydrogen) atoms. The van der Waals surface area contributed by atoms with Gasteiger partial charge in [-0.2, -0.15) is 9.97 Å². The number of tetrazole rings is 1. The Hall–Kier alpha value is -5.07. The van der Waals surface area contributed by atoms with Crippen molar-refractivity contribution in [2.75, 3.05) is 12.3 Å². The van der Waals surface area contributed by atoms with Crippen molar-refractivity contribution in [1.82, 2.24) is 40.1 Å². The van der Waals surface area contributed by atoms with Gasteiger partial charge in [0, 0.05) is 6.42 Å². The number of imidazole rings is 1. The summed E-state index contributed by atoms with van der Waals surface area (Å²) in [7, 11) is 0. The molecule has 1 fully saturated rings. The number of nitrogens with one attached hydrogen (secondary N) is 1. The molecule has 17 nitrogen and oxygen atoms in total. The molecule has 1 unspecified atom stereocenters. The monoisotopic (exact) mass is 651 g/mol. The minimum Gasteiger partial charge on any atom is -0.479 e. The first-order valence-corrected chi connectivity index (χ1v) is 14.0. The van der Waals surface area contributed by atoms with Crippen molar-refractivity contribution < 1.29 is 39.5 Å². The number of carboxylic acid groups (broad SMARTS) is 2. The number of carbonyl (C=O) groups is 2. The number of benzene rings is 2. The maximum atomic E-state index is 12.9. The number of carboxylic acids is 2. The van der Waals surface area contributed by atoms with Gasteiger partial charge in [-0.1, -0.05) is 42.5 Å². The van der Waals surface area contributed by atoms with Gasteiger partial charge in [-0.3, -0.25) is 4.57 Å². The second-order valence-electron chi connectivity index (χ2n) is 10.8. The number of fused-ring (bicyclic) bond motifs is 1. The van der Waals surface area contributed by atoms with Crippen molar-refractivity contribution in [2.24, 2.45) is 0 Å². The summed E-state index contributed by atoms with van der Waals surface area (Å²) in [6, 6.07) is 13.1. The minimum absolute atomic E-state index is 0.00100. The summed E-state index contributed by atoms with van der Waals surface area (Å²) in [5.41, 5.74) is 3.74. The van der Waals surface area contributed by atoms with Gasteiger partial charge in [-0.25, -0.2) is 19.7 Å². The molecule has 18 heteroatoms. The van der Waals surface area contributed by atoms with Crippen LogP contribution in [0.3, 0.4) is 0 Å². The summed E-state index contributed by atoms with van der Waals surface area (Å²) < 4.78 is 13.4. The highest BCUT2D eigenvalue weighted by molar-refractivity contribution is 6.28. The molecule has 1 aliphatic heterocycles. The molecule has 7 N–H and O–H groups in total. The summed E-state index contributed by atoms with van der Waals surface area (Å²) >= 11 is 5.97. The molecule has 238 valence electrons. The third-order valence-corrected chi connectivity index (χ3v) is 8.12. The molecule has 0 spiro atoms. The number of halogens is 1. The van der Waals surface area contributed by atoms with E-state index in [1.807, 2.05) is 0 Å². The third-order valence-electron chi connectivity index (χ3n) is 7.95. The number of aliphatic hydroxyl groups excluding tert-OH is 1. The molecule has 0 bridgehead atoms. The number of anilines is 1. The third kappa shape index (κ3) is 5.29. The fourth-order valence-corrected chi connectivity index (χ4v) is 5.55. The lowest BCUT2D eigenvalue weighted by molar-refractivity contribution is -0.181. The average molecular weight is 652 g/mol. The molecule has 2 aromatic carbocycles. The van der Waals surface area contributed by atoms with Crippen molar-refractivity contribution in [3.05, 3.63) is 77.1 Å². The standard InChI is InChI=1S/C28H26ClN9O8/c1-27(44)17(46-22(19(27)39)38-12-31-18-20(30)32-26(29)33-21(18)38)11-45-28(25(42)43,24-34-36-37-35-24)10-13-6-8-14(9-7-13)15-4-2-3-5-16(15)23(40)41/h2-9,12,17,19,22,39,44H,10-11H2,1H3,(H,40,41)(H,42,43)(H2,30,32,33)(H,34,35,36,37)/t17-,19+,22-,27-,28?/m1/s1. The van der Waals surface area contributed by atoms with Crippen LogP contribution in [-0.4, -0.2) is 96.9 Å². The summed E-state index contributed by atoms with van der Waals surface area (Å²) in [6.07, 6.45) is -3.07. The number of aromatic carboxylic acids is 1. The number of aliphatic carboxylic acids is 1. The zero-order valence-corrected chi connectivity index (χ0v) is 24.6. The lowest BCUT2D eigenvalue weighted by atomic mass is 9.91. The van der Waals surface area contributed by atoms with Gasteiger partial charge in [0.2, 0.25) is 10.9 Å². The van der Waals surface area contributed by atoms with Crippen molar-refractivity contribution >= 4 is 40.5 Å². The molecule has 3 aromatic heterocycles. The molecular weight excluding hydrogens is 626 g/mol. The van der Waals surface area contributed by atoms with Gasteiger partial charge in [0.15, 0.2) is 23.5 Å². The van der Waals surface area contributed by atoms with E-state index in [0.29, 0.717) is 16.7 Å². The van der Waals surface area contributed by atoms with Gasteiger partial charge in [-0.05, 0) is 51.7 Å². The van der Waals surface area contributed by atoms with Crippen molar-refractivity contribution in [3.8, 4) is 11.1 Å². The predicted molar refractivity (Wildman–Crippen MR) is 157 cm³/mol. The highest BCUT2D eigenvalue weighted by Gasteiger charge is 2.55. The maximum Gasteiger partial charge on any atom is 0.344 e. The van der Waals surface area contributed by atoms with Crippen LogP contribution in [0.15, 0.2) is 54.9 Å². The molecule has 0 radical (unpaired) electrons. The molecule has 4 heterocycles. The van der Waals surface area contributed by atoms with Crippen LogP contribution in [-0.2, 0) is 26.3 Å². The topological polar surface area (TPSA) is 258 Å². The first-order chi connectivity index (χ1) is 21.9. The first kappa shape index (κ1) is 30.9. The van der Waals surface area contributed by atoms with Crippen LogP contribution in [0, 0.1) is 0 Å². The van der Waals surface area contributed by atoms with Crippen LogP contribution in [0.2, 0.25) is 5.28 Å². The lowest BCUT2D eigenvalue weighted by Gasteiger charge is -2.31. The fourth-order valence-electron chi connectivity index (χ4n) is 5.38. The Labute approximate surface area is 263 Å². The zero-order valence-electron chi connectivity index (χ0n) is 23.9. The second kappa shape index (κ2) is 11.7. The number of aromatic nitrogens is 8. The van der Waals surface area contributed by atoms with Crippen LogP contribution >= 0.6 is 11.6 Å². The van der Waals surface area contributed by atoms with E-state index in [9.17, 15) is 30.0 Å². The quantitative estimate of drug-likeness (QED) is 0.116. The number of hydrogen-bond acceptors (Lipinski definition) is 13. The van der Waals surface area contributed by atoms with E-state index in [0.717, 1.165) is 0 Å². The number of ether oxygens (including phenoxy) is 2. The molecule has 5 atom stereocenters. The molecule has 0 amide bonds. The average Bonchev–Trinajstić information content (AvgIpc) is 3.76. The number of nitrogens with zero attached hydrogens (tertiary/aromatic N) is 7. The Morgan fingerprint density at radius 1 is 1.17 bits per heavy atom. The van der Waals surface area contributed by atoms with E-state index in [1.165, 1.54) is 23.9 Å². The Kier molecular flexibility index (Phi) is 7.87. The number of H-pyrrole nitrogens is 1. The number of aromatic amines is 1. The summed E-state index contributed by atoms with van der Waals surface area (Å²) in [5.74, 6) is -2.78. The van der Waals surface area contributed by atoms with Crippen LogP contribution in [0.25, 0.3) is 22.3 Å². The van der Waals surface area contributed by atoms with Gasteiger partial charge < -0.3 is 35.6 Å². The van der Waals surface area contributed by atoms with Crippen LogP contribution in [0.1, 0.15) is 34.9 Å². The van der Waals surface area contributed by atoms with Crippen LogP contribution in [0.4, 0.5) is 5.82 Å². The minimum atomic E-state index is -2.20. The maximum absolute atomic E-state index is 12.9. The zero-order chi connectivity index (χ0) is 32.8. The van der Waals surface area contributed by atoms with Crippen molar-refractivity contribution in [1.29, 1.82) is 0 Å². The van der Waals surface area contributed by atoms with E-state index in [-0.39, 0.29) is 40.1 Å². The normalized spacial score (nSPS) is 22.6. The molecule has 0 aliphatic carbocycles. The van der Waals surface area contributed by atoms with E-state index >= 15 is 0 Å². The molecule has 1 aliphatic rings. The number of hydrogen-bond donors (Lipinski definition) is 6. The Morgan fingerprint density at radius 2 is 1.91 bits per heavy atom. The van der Waals surface area contributed by atoms with E-state index < -0.39 is 48.2 Å². The second-order valence-corrected chi connectivity index (χ2v) is 11.1. The van der Waals surface area contributed by atoms with Gasteiger partial charge in [-0.15, -0.1) is 5.10 Å². The Morgan fingerprint density at radius 3 is 2.59 bits per heavy atom. The van der Waals surface area contributed by atoms with Crippen molar-refractivity contribution in [2.45, 2.75) is 43.0 Å². The highest BCUT2D eigenvalue weighted by Crippen LogP contribution is 2.40. The van der Waals surface area contributed by atoms with E-state index in [1.54, 1.807) is 42.5 Å². The smallest absolute Gasteiger partial charge is 0.344 e. The van der Waals surface area contributed by atoms with Gasteiger partial charge >= 0.3 is 11.9 Å². The molecule has 5 aromatic rings. The molecule has 0 saturated carbocycles. The molecule has 1 saturated heterocycles. The summed E-state index contributed by atoms with van der Waals surface area (Å²) in [4.78, 5) is 36.7. The fraction of sp³-hybridized carbons (Fsp3) is 0.286. The largest absolute Gasteiger partial charge is 0.479 e. The van der Waals surface area contributed by atoms with Gasteiger partial charge in [0.05, 0.1) is 18.5 Å². The molecular formula is C28H26ClN9O8. The Bertz CT molecular complexity index is 1920.